The molecule has 0 unspecified atom stereocenters. The Morgan fingerprint density at radius 1 is 1.12 bits per heavy atom. The van der Waals surface area contributed by atoms with Crippen LogP contribution in [0, 0.1) is 5.41 Å². The van der Waals surface area contributed by atoms with E-state index in [4.69, 9.17) is 0 Å². The maximum atomic E-state index is 11.8. The number of nitrogens with one attached hydrogen (secondary N) is 2. The zero-order chi connectivity index (χ0) is 12.1. The molecule has 0 saturated heterocycles. The fraction of sp³-hybridized carbons (Fsp3) is 0.929. The van der Waals surface area contributed by atoms with Crippen molar-refractivity contribution in [3.63, 3.8) is 0 Å². The predicted molar refractivity (Wildman–Crippen MR) is 70.0 cm³/mol. The lowest BCUT2D eigenvalue weighted by Gasteiger charge is -2.26. The first kappa shape index (κ1) is 12.7. The normalized spacial score (nSPS) is 24.5. The number of rotatable bonds is 3. The van der Waals surface area contributed by atoms with E-state index in [9.17, 15) is 4.79 Å². The van der Waals surface area contributed by atoms with E-state index in [1.165, 1.54) is 44.9 Å². The molecule has 0 radical (unpaired) electrons. The van der Waals surface area contributed by atoms with E-state index < -0.39 is 0 Å². The van der Waals surface area contributed by atoms with Crippen LogP contribution < -0.4 is 10.6 Å². The molecule has 0 bridgehead atoms. The molecule has 0 aliphatic heterocycles. The Hall–Kier alpha value is -0.730. The first-order valence-corrected chi connectivity index (χ1v) is 7.22. The Bertz CT molecular complexity index is 253. The van der Waals surface area contributed by atoms with E-state index in [-0.39, 0.29) is 6.03 Å². The van der Waals surface area contributed by atoms with Crippen LogP contribution in [0.3, 0.4) is 0 Å². The van der Waals surface area contributed by atoms with Crippen molar-refractivity contribution in [1.82, 2.24) is 10.6 Å². The summed E-state index contributed by atoms with van der Waals surface area (Å²) in [4.78, 5) is 11.8. The molecule has 0 aromatic rings. The van der Waals surface area contributed by atoms with Crippen molar-refractivity contribution < 1.29 is 4.79 Å². The maximum absolute atomic E-state index is 11.8. The highest BCUT2D eigenvalue weighted by atomic mass is 16.2. The van der Waals surface area contributed by atoms with Crippen molar-refractivity contribution in [2.45, 2.75) is 70.8 Å². The molecular weight excluding hydrogens is 212 g/mol. The average Bonchev–Trinajstić information content (AvgIpc) is 2.76. The van der Waals surface area contributed by atoms with Gasteiger partial charge in [0.1, 0.15) is 0 Å². The van der Waals surface area contributed by atoms with Gasteiger partial charge in [-0.15, -0.1) is 0 Å². The minimum Gasteiger partial charge on any atom is -0.338 e. The van der Waals surface area contributed by atoms with Gasteiger partial charge in [0.15, 0.2) is 0 Å². The van der Waals surface area contributed by atoms with Crippen LogP contribution in [-0.4, -0.2) is 18.6 Å². The molecule has 2 aliphatic carbocycles. The molecule has 2 fully saturated rings. The minimum absolute atomic E-state index is 0.0463. The number of hydrogen-bond acceptors (Lipinski definition) is 1. The van der Waals surface area contributed by atoms with Crippen LogP contribution in [0.1, 0.15) is 64.7 Å². The van der Waals surface area contributed by atoms with E-state index in [2.05, 4.69) is 17.6 Å². The van der Waals surface area contributed by atoms with E-state index >= 15 is 0 Å². The molecule has 2 N–H and O–H groups in total. The summed E-state index contributed by atoms with van der Waals surface area (Å²) in [5.41, 5.74) is 0.351. The fourth-order valence-electron chi connectivity index (χ4n) is 3.18. The molecule has 3 heteroatoms. The monoisotopic (exact) mass is 238 g/mol. The van der Waals surface area contributed by atoms with Gasteiger partial charge in [0.05, 0.1) is 0 Å². The second-order valence-electron chi connectivity index (χ2n) is 6.18. The molecule has 0 heterocycles. The third-order valence-corrected chi connectivity index (χ3v) is 4.43. The highest BCUT2D eigenvalue weighted by Crippen LogP contribution is 2.36. The van der Waals surface area contributed by atoms with Gasteiger partial charge in [-0.1, -0.05) is 39.0 Å². The first-order valence-electron chi connectivity index (χ1n) is 7.22. The van der Waals surface area contributed by atoms with E-state index in [0.29, 0.717) is 11.5 Å². The second-order valence-corrected chi connectivity index (χ2v) is 6.18. The summed E-state index contributed by atoms with van der Waals surface area (Å²) in [6.45, 7) is 3.13. The van der Waals surface area contributed by atoms with Crippen molar-refractivity contribution in [2.75, 3.05) is 6.54 Å². The molecule has 2 rings (SSSR count). The van der Waals surface area contributed by atoms with Crippen LogP contribution in [0.5, 0.6) is 0 Å². The Balaban J connectivity index is 1.66. The van der Waals surface area contributed by atoms with Gasteiger partial charge in [-0.2, -0.15) is 0 Å². The van der Waals surface area contributed by atoms with Crippen LogP contribution in [0.15, 0.2) is 0 Å². The number of urea groups is 1. The van der Waals surface area contributed by atoms with E-state index in [1.54, 1.807) is 0 Å². The summed E-state index contributed by atoms with van der Waals surface area (Å²) in [5.74, 6) is 0. The van der Waals surface area contributed by atoms with Crippen molar-refractivity contribution >= 4 is 6.03 Å². The number of amides is 2. The van der Waals surface area contributed by atoms with Crippen molar-refractivity contribution in [3.05, 3.63) is 0 Å². The molecule has 2 aliphatic rings. The molecule has 2 saturated carbocycles. The first-order chi connectivity index (χ1) is 8.18. The molecule has 0 spiro atoms. The van der Waals surface area contributed by atoms with Crippen molar-refractivity contribution in [1.29, 1.82) is 0 Å². The van der Waals surface area contributed by atoms with Crippen LogP contribution in [0.2, 0.25) is 0 Å². The highest BCUT2D eigenvalue weighted by Gasteiger charge is 2.29. The predicted octanol–water partition coefficient (Wildman–Crippen LogP) is 3.20. The average molecular weight is 238 g/mol. The van der Waals surface area contributed by atoms with Crippen LogP contribution in [-0.2, 0) is 0 Å². The van der Waals surface area contributed by atoms with Gasteiger partial charge in [0, 0.05) is 12.6 Å². The molecule has 0 atom stereocenters. The Kier molecular flexibility index (Phi) is 4.30. The maximum Gasteiger partial charge on any atom is 0.315 e. The summed E-state index contributed by atoms with van der Waals surface area (Å²) in [7, 11) is 0. The molecular formula is C14H26N2O. The summed E-state index contributed by atoms with van der Waals surface area (Å²) in [6, 6.07) is 0.463. The molecule has 98 valence electrons. The molecule has 2 amide bonds. The SMILES string of the molecule is CC1(CNC(=O)NC2CCCCC2)CCCC1. The lowest BCUT2D eigenvalue weighted by Crippen LogP contribution is -2.45. The number of hydrogen-bond donors (Lipinski definition) is 2. The molecule has 17 heavy (non-hydrogen) atoms. The standard InChI is InChI=1S/C14H26N2O/c1-14(9-5-6-10-14)11-15-13(17)16-12-7-3-2-4-8-12/h12H,2-11H2,1H3,(H2,15,16,17). The third-order valence-electron chi connectivity index (χ3n) is 4.43. The summed E-state index contributed by atoms with van der Waals surface area (Å²) in [5, 5.41) is 6.17. The van der Waals surface area contributed by atoms with Gasteiger partial charge < -0.3 is 10.6 Å². The van der Waals surface area contributed by atoms with Crippen LogP contribution in [0.25, 0.3) is 0 Å². The Morgan fingerprint density at radius 2 is 1.76 bits per heavy atom. The molecule has 3 nitrogen and oxygen atoms in total. The minimum atomic E-state index is 0.0463. The largest absolute Gasteiger partial charge is 0.338 e. The van der Waals surface area contributed by atoms with Gasteiger partial charge >= 0.3 is 6.03 Å². The van der Waals surface area contributed by atoms with Crippen LogP contribution >= 0.6 is 0 Å². The summed E-state index contributed by atoms with van der Waals surface area (Å²) < 4.78 is 0. The fourth-order valence-corrected chi connectivity index (χ4v) is 3.18. The Labute approximate surface area is 105 Å². The number of carbonyl (C=O) groups is 1. The second kappa shape index (κ2) is 5.74. The zero-order valence-corrected chi connectivity index (χ0v) is 11.1. The number of carbonyl (C=O) groups excluding carboxylic acids is 1. The van der Waals surface area contributed by atoms with Crippen molar-refractivity contribution in [2.24, 2.45) is 5.41 Å². The third kappa shape index (κ3) is 3.90. The zero-order valence-electron chi connectivity index (χ0n) is 11.1. The molecule has 0 aromatic carbocycles. The lowest BCUT2D eigenvalue weighted by atomic mass is 9.89. The Morgan fingerprint density at radius 3 is 2.41 bits per heavy atom. The van der Waals surface area contributed by atoms with Gasteiger partial charge in [-0.3, -0.25) is 0 Å². The van der Waals surface area contributed by atoms with Gasteiger partial charge in [0.2, 0.25) is 0 Å². The molecule has 0 aromatic heterocycles. The van der Waals surface area contributed by atoms with Gasteiger partial charge in [-0.25, -0.2) is 4.79 Å². The summed E-state index contributed by atoms with van der Waals surface area (Å²) in [6.07, 6.45) is 11.3. The quantitative estimate of drug-likeness (QED) is 0.779. The topological polar surface area (TPSA) is 41.1 Å². The van der Waals surface area contributed by atoms with Gasteiger partial charge in [0.25, 0.3) is 0 Å². The van der Waals surface area contributed by atoms with E-state index in [0.717, 1.165) is 19.4 Å². The highest BCUT2D eigenvalue weighted by molar-refractivity contribution is 5.74. The van der Waals surface area contributed by atoms with E-state index in [1.807, 2.05) is 0 Å². The van der Waals surface area contributed by atoms with Gasteiger partial charge in [-0.05, 0) is 31.1 Å². The lowest BCUT2D eigenvalue weighted by molar-refractivity contribution is 0.224. The smallest absolute Gasteiger partial charge is 0.315 e. The van der Waals surface area contributed by atoms with Crippen LogP contribution in [0.4, 0.5) is 4.79 Å². The van der Waals surface area contributed by atoms with Crippen molar-refractivity contribution in [3.8, 4) is 0 Å². The summed E-state index contributed by atoms with van der Waals surface area (Å²) >= 11 is 0.